The SMILES string of the molecule is CCc1ccc(C(NS(=O)(=O)c2ccn[nH]2)C(C)C)cc1. The van der Waals surface area contributed by atoms with Crippen LogP contribution in [0.3, 0.4) is 0 Å². The molecule has 0 aliphatic carbocycles. The molecular weight excluding hydrogens is 286 g/mol. The molecule has 2 N–H and O–H groups in total. The highest BCUT2D eigenvalue weighted by molar-refractivity contribution is 7.89. The molecule has 0 radical (unpaired) electrons. The van der Waals surface area contributed by atoms with Crippen molar-refractivity contribution in [2.45, 2.75) is 38.3 Å². The van der Waals surface area contributed by atoms with Crippen LogP contribution in [0.1, 0.15) is 37.9 Å². The third-order valence-electron chi connectivity index (χ3n) is 3.46. The predicted molar refractivity (Wildman–Crippen MR) is 82.3 cm³/mol. The molecule has 1 unspecified atom stereocenters. The summed E-state index contributed by atoms with van der Waals surface area (Å²) in [4.78, 5) is 0. The molecule has 0 aliphatic rings. The van der Waals surface area contributed by atoms with Crippen LogP contribution in [0.4, 0.5) is 0 Å². The van der Waals surface area contributed by atoms with Gasteiger partial charge >= 0.3 is 0 Å². The molecule has 5 nitrogen and oxygen atoms in total. The average molecular weight is 307 g/mol. The van der Waals surface area contributed by atoms with E-state index in [1.54, 1.807) is 0 Å². The number of aryl methyl sites for hydroxylation is 1. The van der Waals surface area contributed by atoms with E-state index in [9.17, 15) is 8.42 Å². The van der Waals surface area contributed by atoms with Crippen LogP contribution in [-0.4, -0.2) is 18.6 Å². The standard InChI is InChI=1S/C15H21N3O2S/c1-4-12-5-7-13(8-6-12)15(11(2)3)18-21(19,20)14-9-10-16-17-14/h5-11,15,18H,4H2,1-3H3,(H,16,17). The summed E-state index contributed by atoms with van der Waals surface area (Å²) >= 11 is 0. The Balaban J connectivity index is 2.27. The maximum Gasteiger partial charge on any atom is 0.258 e. The minimum Gasteiger partial charge on any atom is -0.266 e. The fourth-order valence-electron chi connectivity index (χ4n) is 2.17. The van der Waals surface area contributed by atoms with Crippen LogP contribution >= 0.6 is 0 Å². The van der Waals surface area contributed by atoms with E-state index in [1.807, 2.05) is 38.1 Å². The smallest absolute Gasteiger partial charge is 0.258 e. The van der Waals surface area contributed by atoms with Gasteiger partial charge in [-0.2, -0.15) is 5.10 Å². The average Bonchev–Trinajstić information content (AvgIpc) is 3.00. The second-order valence-electron chi connectivity index (χ2n) is 5.36. The Morgan fingerprint density at radius 1 is 1.19 bits per heavy atom. The normalized spacial score (nSPS) is 13.5. The molecule has 114 valence electrons. The molecule has 2 aromatic rings. The van der Waals surface area contributed by atoms with Crippen molar-refractivity contribution >= 4 is 10.0 Å². The van der Waals surface area contributed by atoms with E-state index in [4.69, 9.17) is 0 Å². The number of nitrogens with one attached hydrogen (secondary N) is 2. The second-order valence-corrected chi connectivity index (χ2v) is 7.04. The highest BCUT2D eigenvalue weighted by Crippen LogP contribution is 2.24. The Kier molecular flexibility index (Phi) is 4.80. The maximum atomic E-state index is 12.3. The number of nitrogens with zero attached hydrogens (tertiary/aromatic N) is 1. The number of benzene rings is 1. The molecule has 1 aromatic carbocycles. The van der Waals surface area contributed by atoms with Crippen molar-refractivity contribution in [3.63, 3.8) is 0 Å². The number of aromatic nitrogens is 2. The monoisotopic (exact) mass is 307 g/mol. The van der Waals surface area contributed by atoms with Crippen molar-refractivity contribution < 1.29 is 8.42 Å². The Hall–Kier alpha value is -1.66. The number of aromatic amines is 1. The molecule has 0 amide bonds. The summed E-state index contributed by atoms with van der Waals surface area (Å²) in [5.41, 5.74) is 2.20. The van der Waals surface area contributed by atoms with Gasteiger partial charge in [0.05, 0.1) is 6.20 Å². The van der Waals surface area contributed by atoms with Gasteiger partial charge in [0.1, 0.15) is 0 Å². The van der Waals surface area contributed by atoms with E-state index in [0.717, 1.165) is 12.0 Å². The van der Waals surface area contributed by atoms with Gasteiger partial charge in [-0.3, -0.25) is 5.10 Å². The minimum atomic E-state index is -3.59. The molecule has 6 heteroatoms. The first-order valence-corrected chi connectivity index (χ1v) is 8.53. The fraction of sp³-hybridized carbons (Fsp3) is 0.400. The van der Waals surface area contributed by atoms with Gasteiger partial charge in [0.2, 0.25) is 0 Å². The van der Waals surface area contributed by atoms with Gasteiger partial charge in [0.15, 0.2) is 5.03 Å². The summed E-state index contributed by atoms with van der Waals surface area (Å²) in [6, 6.07) is 9.21. The fourth-order valence-corrected chi connectivity index (χ4v) is 3.46. The van der Waals surface area contributed by atoms with Crippen LogP contribution in [0.25, 0.3) is 0 Å². The zero-order chi connectivity index (χ0) is 15.5. The molecule has 0 saturated heterocycles. The van der Waals surface area contributed by atoms with E-state index in [0.29, 0.717) is 0 Å². The zero-order valence-corrected chi connectivity index (χ0v) is 13.3. The highest BCUT2D eigenvalue weighted by atomic mass is 32.2. The number of rotatable bonds is 6. The molecule has 1 atom stereocenters. The number of hydrogen-bond acceptors (Lipinski definition) is 3. The third-order valence-corrected chi connectivity index (χ3v) is 4.83. The lowest BCUT2D eigenvalue weighted by Crippen LogP contribution is -2.32. The Bertz CT molecular complexity index is 661. The molecule has 0 bridgehead atoms. The quantitative estimate of drug-likeness (QED) is 0.861. The largest absolute Gasteiger partial charge is 0.266 e. The van der Waals surface area contributed by atoms with Gasteiger partial charge in [-0.15, -0.1) is 0 Å². The topological polar surface area (TPSA) is 74.8 Å². The van der Waals surface area contributed by atoms with Crippen molar-refractivity contribution in [1.82, 2.24) is 14.9 Å². The Morgan fingerprint density at radius 3 is 2.33 bits per heavy atom. The van der Waals surface area contributed by atoms with Gasteiger partial charge in [0.25, 0.3) is 10.0 Å². The van der Waals surface area contributed by atoms with Gasteiger partial charge in [-0.05, 0) is 29.5 Å². The van der Waals surface area contributed by atoms with E-state index >= 15 is 0 Å². The molecule has 1 aromatic heterocycles. The molecule has 0 fully saturated rings. The summed E-state index contributed by atoms with van der Waals surface area (Å²) in [7, 11) is -3.59. The zero-order valence-electron chi connectivity index (χ0n) is 12.5. The summed E-state index contributed by atoms with van der Waals surface area (Å²) in [6.07, 6.45) is 2.39. The van der Waals surface area contributed by atoms with Gasteiger partial charge in [0, 0.05) is 6.04 Å². The molecular formula is C15H21N3O2S. The van der Waals surface area contributed by atoms with Crippen LogP contribution < -0.4 is 4.72 Å². The lowest BCUT2D eigenvalue weighted by atomic mass is 9.96. The molecule has 0 spiro atoms. The third kappa shape index (κ3) is 3.71. The Labute approximate surface area is 125 Å². The lowest BCUT2D eigenvalue weighted by Gasteiger charge is -2.22. The van der Waals surface area contributed by atoms with Gasteiger partial charge < -0.3 is 0 Å². The maximum absolute atomic E-state index is 12.3. The number of H-pyrrole nitrogens is 1. The van der Waals surface area contributed by atoms with Crippen molar-refractivity contribution in [2.24, 2.45) is 5.92 Å². The Morgan fingerprint density at radius 2 is 1.86 bits per heavy atom. The predicted octanol–water partition coefficient (Wildman–Crippen LogP) is 2.65. The first-order chi connectivity index (χ1) is 9.94. The lowest BCUT2D eigenvalue weighted by molar-refractivity contribution is 0.462. The van der Waals surface area contributed by atoms with Crippen LogP contribution in [0.15, 0.2) is 41.6 Å². The van der Waals surface area contributed by atoms with E-state index < -0.39 is 10.0 Å². The summed E-state index contributed by atoms with van der Waals surface area (Å²) in [5.74, 6) is 0.134. The number of sulfonamides is 1. The van der Waals surface area contributed by atoms with Crippen molar-refractivity contribution in [2.75, 3.05) is 0 Å². The van der Waals surface area contributed by atoms with Crippen molar-refractivity contribution in [3.8, 4) is 0 Å². The molecule has 1 heterocycles. The van der Waals surface area contributed by atoms with Crippen molar-refractivity contribution in [1.29, 1.82) is 0 Å². The molecule has 21 heavy (non-hydrogen) atoms. The summed E-state index contributed by atoms with van der Waals surface area (Å²) in [6.45, 7) is 6.08. The molecule has 0 aliphatic heterocycles. The summed E-state index contributed by atoms with van der Waals surface area (Å²) in [5, 5.41) is 6.26. The number of hydrogen-bond donors (Lipinski definition) is 2. The summed E-state index contributed by atoms with van der Waals surface area (Å²) < 4.78 is 27.4. The first-order valence-electron chi connectivity index (χ1n) is 7.04. The van der Waals surface area contributed by atoms with E-state index in [1.165, 1.54) is 17.8 Å². The van der Waals surface area contributed by atoms with Crippen LogP contribution in [0.2, 0.25) is 0 Å². The van der Waals surface area contributed by atoms with Crippen LogP contribution in [0.5, 0.6) is 0 Å². The first kappa shape index (κ1) is 15.7. The van der Waals surface area contributed by atoms with Crippen molar-refractivity contribution in [3.05, 3.63) is 47.7 Å². The molecule has 0 saturated carbocycles. The van der Waals surface area contributed by atoms with Crippen LogP contribution in [0, 0.1) is 5.92 Å². The second kappa shape index (κ2) is 6.41. The molecule has 2 rings (SSSR count). The van der Waals surface area contributed by atoms with Gasteiger partial charge in [-0.25, -0.2) is 13.1 Å². The minimum absolute atomic E-state index is 0.0818. The van der Waals surface area contributed by atoms with Gasteiger partial charge in [-0.1, -0.05) is 45.0 Å². The van der Waals surface area contributed by atoms with E-state index in [-0.39, 0.29) is 17.0 Å². The van der Waals surface area contributed by atoms with E-state index in [2.05, 4.69) is 21.8 Å². The van der Waals surface area contributed by atoms with Crippen LogP contribution in [-0.2, 0) is 16.4 Å². The highest BCUT2D eigenvalue weighted by Gasteiger charge is 2.24.